The van der Waals surface area contributed by atoms with Crippen LogP contribution < -0.4 is 5.32 Å². The van der Waals surface area contributed by atoms with Gasteiger partial charge in [0.1, 0.15) is 6.23 Å². The van der Waals surface area contributed by atoms with Crippen molar-refractivity contribution in [1.82, 2.24) is 15.1 Å². The third-order valence-electron chi connectivity index (χ3n) is 7.57. The number of hydrogen-bond acceptors (Lipinski definition) is 5. The second-order valence-electron chi connectivity index (χ2n) is 9.12. The predicted molar refractivity (Wildman–Crippen MR) is 102 cm³/mol. The largest absolute Gasteiger partial charge is 0.384 e. The monoisotopic (exact) mass is 359 g/mol. The predicted octanol–water partition coefficient (Wildman–Crippen LogP) is 1.84. The first kappa shape index (κ1) is 17.2. The number of morpholine rings is 1. The summed E-state index contributed by atoms with van der Waals surface area (Å²) in [6.45, 7) is 4.41. The molecular formula is C21H33N3O2. The average molecular weight is 360 g/mol. The van der Waals surface area contributed by atoms with Gasteiger partial charge in [0.2, 0.25) is 0 Å². The SMILES string of the molecule is CC1OC2(CCN(C)CC2)C2C1N2C(O)CCC1=CNC2C=CCCC12. The highest BCUT2D eigenvalue weighted by molar-refractivity contribution is 5.25. The molecule has 0 radical (unpaired) electrons. The molecule has 3 fully saturated rings. The van der Waals surface area contributed by atoms with Crippen molar-refractivity contribution in [2.75, 3.05) is 20.1 Å². The third kappa shape index (κ3) is 2.67. The van der Waals surface area contributed by atoms with Gasteiger partial charge in [-0.3, -0.25) is 4.90 Å². The van der Waals surface area contributed by atoms with Crippen LogP contribution in [-0.2, 0) is 4.74 Å². The molecule has 2 N–H and O–H groups in total. The Kier molecular flexibility index (Phi) is 4.20. The summed E-state index contributed by atoms with van der Waals surface area (Å²) in [5.74, 6) is 0.642. The van der Waals surface area contributed by atoms with Crippen molar-refractivity contribution in [2.45, 2.75) is 81.5 Å². The lowest BCUT2D eigenvalue weighted by molar-refractivity contribution is -0.121. The van der Waals surface area contributed by atoms with E-state index in [1.54, 1.807) is 0 Å². The molecule has 4 heterocycles. The van der Waals surface area contributed by atoms with E-state index in [0.717, 1.165) is 38.8 Å². The molecule has 144 valence electrons. The molecular weight excluding hydrogens is 326 g/mol. The molecule has 1 spiro atoms. The highest BCUT2D eigenvalue weighted by atomic mass is 16.5. The van der Waals surface area contributed by atoms with Gasteiger partial charge in [-0.2, -0.15) is 0 Å². The molecule has 7 unspecified atom stereocenters. The van der Waals surface area contributed by atoms with Gasteiger partial charge in [0.05, 0.1) is 29.8 Å². The molecule has 5 nitrogen and oxygen atoms in total. The summed E-state index contributed by atoms with van der Waals surface area (Å²) in [6, 6.07) is 1.35. The number of piperidine rings is 1. The fourth-order valence-corrected chi connectivity index (χ4v) is 6.09. The second-order valence-corrected chi connectivity index (χ2v) is 9.12. The molecule has 5 rings (SSSR count). The molecule has 0 aromatic heterocycles. The van der Waals surface area contributed by atoms with Crippen LogP contribution in [0.2, 0.25) is 0 Å². The highest BCUT2D eigenvalue weighted by Gasteiger charge is 2.69. The van der Waals surface area contributed by atoms with Crippen LogP contribution >= 0.6 is 0 Å². The molecule has 26 heavy (non-hydrogen) atoms. The van der Waals surface area contributed by atoms with Gasteiger partial charge in [-0.15, -0.1) is 0 Å². The van der Waals surface area contributed by atoms with Gasteiger partial charge >= 0.3 is 0 Å². The molecule has 7 atom stereocenters. The number of ether oxygens (including phenoxy) is 1. The van der Waals surface area contributed by atoms with Gasteiger partial charge in [0, 0.05) is 19.0 Å². The van der Waals surface area contributed by atoms with Crippen molar-refractivity contribution in [3.63, 3.8) is 0 Å². The van der Waals surface area contributed by atoms with Gasteiger partial charge in [-0.25, -0.2) is 0 Å². The van der Waals surface area contributed by atoms with E-state index in [2.05, 4.69) is 47.4 Å². The Morgan fingerprint density at radius 2 is 2.19 bits per heavy atom. The van der Waals surface area contributed by atoms with Gasteiger partial charge in [0.15, 0.2) is 0 Å². The van der Waals surface area contributed by atoms with E-state index in [4.69, 9.17) is 4.74 Å². The number of rotatable bonds is 4. The minimum Gasteiger partial charge on any atom is -0.384 e. The van der Waals surface area contributed by atoms with E-state index in [1.165, 1.54) is 18.4 Å². The van der Waals surface area contributed by atoms with Crippen molar-refractivity contribution in [3.8, 4) is 0 Å². The van der Waals surface area contributed by atoms with Crippen molar-refractivity contribution in [2.24, 2.45) is 5.92 Å². The van der Waals surface area contributed by atoms with Gasteiger partial charge in [0.25, 0.3) is 0 Å². The molecule has 0 saturated carbocycles. The number of hydrogen-bond donors (Lipinski definition) is 2. The summed E-state index contributed by atoms with van der Waals surface area (Å²) in [4.78, 5) is 4.76. The fraction of sp³-hybridized carbons (Fsp3) is 0.810. The van der Waals surface area contributed by atoms with E-state index < -0.39 is 0 Å². The maximum atomic E-state index is 10.9. The first-order chi connectivity index (χ1) is 12.6. The Morgan fingerprint density at radius 3 is 3.00 bits per heavy atom. The maximum Gasteiger partial charge on any atom is 0.108 e. The number of nitrogens with zero attached hydrogens (tertiary/aromatic N) is 2. The highest BCUT2D eigenvalue weighted by Crippen LogP contribution is 2.54. The Hall–Kier alpha value is -0.880. The molecule has 5 aliphatic rings. The molecule has 0 aromatic carbocycles. The first-order valence-electron chi connectivity index (χ1n) is 10.5. The van der Waals surface area contributed by atoms with E-state index in [9.17, 15) is 5.11 Å². The molecule has 5 heteroatoms. The lowest BCUT2D eigenvalue weighted by Crippen LogP contribution is -2.49. The van der Waals surface area contributed by atoms with Crippen LogP contribution in [0.4, 0.5) is 0 Å². The maximum absolute atomic E-state index is 10.9. The average Bonchev–Trinajstić information content (AvgIpc) is 3.19. The van der Waals surface area contributed by atoms with Crippen LogP contribution in [0, 0.1) is 5.92 Å². The van der Waals surface area contributed by atoms with Gasteiger partial charge < -0.3 is 20.1 Å². The number of allylic oxidation sites excluding steroid dienone is 1. The van der Waals surface area contributed by atoms with E-state index in [1.807, 2.05) is 0 Å². The fourth-order valence-electron chi connectivity index (χ4n) is 6.09. The molecule has 0 aromatic rings. The smallest absolute Gasteiger partial charge is 0.108 e. The standard InChI is InChI=1S/C21H33N3O2/c1-14-19-20(21(26-14)9-11-23(2)12-10-21)24(19)18(25)8-7-15-13-22-17-6-4-3-5-16(15)17/h4,6,13-14,16-20,22,25H,3,5,7-12H2,1-2H3. The number of fused-ring (bicyclic) bond motifs is 3. The van der Waals surface area contributed by atoms with Crippen LogP contribution in [0.1, 0.15) is 45.4 Å². The summed E-state index contributed by atoms with van der Waals surface area (Å²) in [5.41, 5.74) is 1.49. The first-order valence-corrected chi connectivity index (χ1v) is 10.5. The number of likely N-dealkylation sites (tertiary alicyclic amines) is 1. The number of aliphatic hydroxyl groups is 1. The Bertz CT molecular complexity index is 610. The molecule has 4 aliphatic heterocycles. The number of nitrogens with one attached hydrogen (secondary N) is 1. The Labute approximate surface area is 157 Å². The van der Waals surface area contributed by atoms with Crippen molar-refractivity contribution < 1.29 is 9.84 Å². The van der Waals surface area contributed by atoms with E-state index in [0.29, 0.717) is 24.0 Å². The van der Waals surface area contributed by atoms with Crippen LogP contribution in [0.5, 0.6) is 0 Å². The molecule has 1 aliphatic carbocycles. The van der Waals surface area contributed by atoms with E-state index >= 15 is 0 Å². The minimum absolute atomic E-state index is 0.00891. The van der Waals surface area contributed by atoms with Crippen LogP contribution in [0.3, 0.4) is 0 Å². The number of aliphatic hydroxyl groups excluding tert-OH is 1. The zero-order valence-corrected chi connectivity index (χ0v) is 16.1. The van der Waals surface area contributed by atoms with Crippen molar-refractivity contribution >= 4 is 0 Å². The van der Waals surface area contributed by atoms with Crippen molar-refractivity contribution in [1.29, 1.82) is 0 Å². The summed E-state index contributed by atoms with van der Waals surface area (Å²) in [5, 5.41) is 14.4. The molecule has 0 amide bonds. The summed E-state index contributed by atoms with van der Waals surface area (Å²) in [6.07, 6.45) is 13.2. The summed E-state index contributed by atoms with van der Waals surface area (Å²) >= 11 is 0. The third-order valence-corrected chi connectivity index (χ3v) is 7.57. The Morgan fingerprint density at radius 1 is 1.38 bits per heavy atom. The van der Waals surface area contributed by atoms with Gasteiger partial charge in [-0.1, -0.05) is 12.2 Å². The molecule has 3 saturated heterocycles. The second kappa shape index (κ2) is 6.33. The van der Waals surface area contributed by atoms with E-state index in [-0.39, 0.29) is 17.9 Å². The van der Waals surface area contributed by atoms with Crippen LogP contribution in [0.15, 0.2) is 23.9 Å². The van der Waals surface area contributed by atoms with Gasteiger partial charge in [-0.05, 0) is 64.3 Å². The van der Waals surface area contributed by atoms with Crippen LogP contribution in [0.25, 0.3) is 0 Å². The quantitative estimate of drug-likeness (QED) is 0.593. The lowest BCUT2D eigenvalue weighted by Gasteiger charge is -2.40. The molecule has 0 bridgehead atoms. The summed E-state index contributed by atoms with van der Waals surface area (Å²) < 4.78 is 6.42. The zero-order chi connectivity index (χ0) is 17.9. The topological polar surface area (TPSA) is 47.7 Å². The van der Waals surface area contributed by atoms with Crippen molar-refractivity contribution in [3.05, 3.63) is 23.9 Å². The normalized spacial score (nSPS) is 44.3. The Balaban J connectivity index is 1.20. The van der Waals surface area contributed by atoms with Crippen LogP contribution in [-0.4, -0.2) is 71.1 Å². The lowest BCUT2D eigenvalue weighted by atomic mass is 9.84. The summed E-state index contributed by atoms with van der Waals surface area (Å²) in [7, 11) is 2.19. The minimum atomic E-state index is -0.327. The zero-order valence-electron chi connectivity index (χ0n) is 16.1.